The van der Waals surface area contributed by atoms with Crippen LogP contribution in [0.2, 0.25) is 0 Å². The third kappa shape index (κ3) is 5.93. The number of amides is 1. The maximum Gasteiger partial charge on any atom is 0.228 e. The predicted octanol–water partition coefficient (Wildman–Crippen LogP) is 3.41. The Balaban J connectivity index is 0.00000264. The smallest absolute Gasteiger partial charge is 0.228 e. The fraction of sp³-hybridized carbons (Fsp3) is 0.278. The first-order chi connectivity index (χ1) is 10.7. The molecule has 0 aliphatic carbocycles. The number of carbonyl (C=O) groups is 1. The summed E-state index contributed by atoms with van der Waals surface area (Å²) in [6, 6.07) is 15.4. The molecule has 0 aliphatic rings. The van der Waals surface area contributed by atoms with Gasteiger partial charge in [-0.05, 0) is 35.9 Å². The lowest BCUT2D eigenvalue weighted by atomic mass is 10.1. The number of hydrogen-bond donors (Lipinski definition) is 2. The van der Waals surface area contributed by atoms with Crippen LogP contribution < -0.4 is 15.4 Å². The summed E-state index contributed by atoms with van der Waals surface area (Å²) in [6.07, 6.45) is 0.347. The number of anilines is 1. The highest BCUT2D eigenvalue weighted by atomic mass is 35.5. The van der Waals surface area contributed by atoms with Crippen molar-refractivity contribution in [3.05, 3.63) is 59.7 Å². The minimum Gasteiger partial charge on any atom is -0.497 e. The predicted molar refractivity (Wildman–Crippen MR) is 96.4 cm³/mol. The van der Waals surface area contributed by atoms with E-state index in [9.17, 15) is 4.79 Å². The second kappa shape index (κ2) is 9.87. The molecule has 0 atom stereocenters. The Morgan fingerprint density at radius 3 is 2.43 bits per heavy atom. The topological polar surface area (TPSA) is 50.4 Å². The van der Waals surface area contributed by atoms with E-state index in [0.717, 1.165) is 35.7 Å². The van der Waals surface area contributed by atoms with Crippen LogP contribution in [0.4, 0.5) is 5.69 Å². The summed E-state index contributed by atoms with van der Waals surface area (Å²) in [4.78, 5) is 12.2. The third-order valence-corrected chi connectivity index (χ3v) is 3.38. The van der Waals surface area contributed by atoms with Gasteiger partial charge in [-0.1, -0.05) is 37.3 Å². The number of halogens is 1. The van der Waals surface area contributed by atoms with Crippen LogP contribution in [-0.2, 0) is 17.8 Å². The Kier molecular flexibility index (Phi) is 8.16. The van der Waals surface area contributed by atoms with Gasteiger partial charge in [0, 0.05) is 12.2 Å². The van der Waals surface area contributed by atoms with Crippen molar-refractivity contribution in [2.45, 2.75) is 19.9 Å². The van der Waals surface area contributed by atoms with E-state index in [4.69, 9.17) is 4.74 Å². The Bertz CT molecular complexity index is 615. The second-order valence-electron chi connectivity index (χ2n) is 5.01. The van der Waals surface area contributed by atoms with Crippen LogP contribution in [-0.4, -0.2) is 19.6 Å². The van der Waals surface area contributed by atoms with Crippen molar-refractivity contribution >= 4 is 24.0 Å². The van der Waals surface area contributed by atoms with E-state index in [1.54, 1.807) is 7.11 Å². The largest absolute Gasteiger partial charge is 0.497 e. The van der Waals surface area contributed by atoms with E-state index in [2.05, 4.69) is 17.6 Å². The van der Waals surface area contributed by atoms with Crippen LogP contribution in [0.3, 0.4) is 0 Å². The van der Waals surface area contributed by atoms with Gasteiger partial charge < -0.3 is 15.4 Å². The van der Waals surface area contributed by atoms with Gasteiger partial charge in [-0.2, -0.15) is 0 Å². The number of rotatable bonds is 7. The van der Waals surface area contributed by atoms with Crippen molar-refractivity contribution < 1.29 is 9.53 Å². The molecule has 0 unspecified atom stereocenters. The summed E-state index contributed by atoms with van der Waals surface area (Å²) >= 11 is 0. The molecule has 2 N–H and O–H groups in total. The SMILES string of the molecule is CCNCc1ccccc1NC(=O)Cc1ccc(OC)cc1.Cl. The monoisotopic (exact) mass is 334 g/mol. The van der Waals surface area contributed by atoms with Gasteiger partial charge >= 0.3 is 0 Å². The standard InChI is InChI=1S/C18H22N2O2.ClH/c1-3-19-13-15-6-4-5-7-17(15)20-18(21)12-14-8-10-16(22-2)11-9-14;/h4-11,19H,3,12-13H2,1-2H3,(H,20,21);1H. The normalized spacial score (nSPS) is 9.83. The summed E-state index contributed by atoms with van der Waals surface area (Å²) in [5, 5.41) is 6.26. The molecular formula is C18H23ClN2O2. The summed E-state index contributed by atoms with van der Waals surface area (Å²) < 4.78 is 5.12. The van der Waals surface area contributed by atoms with Gasteiger partial charge in [0.2, 0.25) is 5.91 Å². The quantitative estimate of drug-likeness (QED) is 0.816. The number of nitrogens with one attached hydrogen (secondary N) is 2. The highest BCUT2D eigenvalue weighted by Crippen LogP contribution is 2.16. The van der Waals surface area contributed by atoms with E-state index >= 15 is 0 Å². The molecule has 0 heterocycles. The third-order valence-electron chi connectivity index (χ3n) is 3.38. The summed E-state index contributed by atoms with van der Waals surface area (Å²) in [6.45, 7) is 3.70. The zero-order chi connectivity index (χ0) is 15.8. The van der Waals surface area contributed by atoms with Crippen LogP contribution in [0.5, 0.6) is 5.75 Å². The van der Waals surface area contributed by atoms with Crippen LogP contribution >= 0.6 is 12.4 Å². The molecule has 23 heavy (non-hydrogen) atoms. The Morgan fingerprint density at radius 2 is 1.78 bits per heavy atom. The number of hydrogen-bond acceptors (Lipinski definition) is 3. The molecule has 0 radical (unpaired) electrons. The van der Waals surface area contributed by atoms with Crippen molar-refractivity contribution in [1.82, 2.24) is 5.32 Å². The summed E-state index contributed by atoms with van der Waals surface area (Å²) in [5.74, 6) is 0.772. The summed E-state index contributed by atoms with van der Waals surface area (Å²) in [5.41, 5.74) is 2.91. The average Bonchev–Trinajstić information content (AvgIpc) is 2.54. The molecule has 124 valence electrons. The molecule has 2 aromatic carbocycles. The average molecular weight is 335 g/mol. The van der Waals surface area contributed by atoms with Gasteiger partial charge in [-0.25, -0.2) is 0 Å². The molecule has 2 aromatic rings. The number of carbonyl (C=O) groups excluding carboxylic acids is 1. The van der Waals surface area contributed by atoms with Gasteiger partial charge in [0.25, 0.3) is 0 Å². The zero-order valence-corrected chi connectivity index (χ0v) is 14.3. The lowest BCUT2D eigenvalue weighted by Gasteiger charge is -2.11. The molecule has 0 aliphatic heterocycles. The van der Waals surface area contributed by atoms with Gasteiger partial charge in [0.1, 0.15) is 5.75 Å². The van der Waals surface area contributed by atoms with E-state index in [0.29, 0.717) is 6.42 Å². The molecule has 1 amide bonds. The first-order valence-electron chi connectivity index (χ1n) is 7.44. The fourth-order valence-corrected chi connectivity index (χ4v) is 2.18. The molecule has 0 spiro atoms. The van der Waals surface area contributed by atoms with E-state index in [-0.39, 0.29) is 18.3 Å². The number of methoxy groups -OCH3 is 1. The maximum absolute atomic E-state index is 12.2. The molecule has 2 rings (SSSR count). The molecule has 0 bridgehead atoms. The number of para-hydroxylation sites is 1. The van der Waals surface area contributed by atoms with Gasteiger partial charge in [0.15, 0.2) is 0 Å². The van der Waals surface area contributed by atoms with Gasteiger partial charge in [0.05, 0.1) is 13.5 Å². The van der Waals surface area contributed by atoms with E-state index in [1.165, 1.54) is 0 Å². The Morgan fingerprint density at radius 1 is 1.09 bits per heavy atom. The summed E-state index contributed by atoms with van der Waals surface area (Å²) in [7, 11) is 1.63. The molecule has 0 aromatic heterocycles. The minimum atomic E-state index is -0.0193. The maximum atomic E-state index is 12.2. The van der Waals surface area contributed by atoms with Crippen LogP contribution in [0.15, 0.2) is 48.5 Å². The fourth-order valence-electron chi connectivity index (χ4n) is 2.18. The van der Waals surface area contributed by atoms with Crippen molar-refractivity contribution in [2.75, 3.05) is 19.0 Å². The van der Waals surface area contributed by atoms with E-state index in [1.807, 2.05) is 48.5 Å². The first-order valence-corrected chi connectivity index (χ1v) is 7.44. The van der Waals surface area contributed by atoms with Crippen molar-refractivity contribution in [3.63, 3.8) is 0 Å². The minimum absolute atomic E-state index is 0. The molecule has 4 nitrogen and oxygen atoms in total. The highest BCUT2D eigenvalue weighted by Gasteiger charge is 2.07. The molecule has 0 fully saturated rings. The van der Waals surface area contributed by atoms with Gasteiger partial charge in [-0.3, -0.25) is 4.79 Å². The lowest BCUT2D eigenvalue weighted by Crippen LogP contribution is -2.18. The molecule has 0 saturated heterocycles. The van der Waals surface area contributed by atoms with Gasteiger partial charge in [-0.15, -0.1) is 12.4 Å². The zero-order valence-electron chi connectivity index (χ0n) is 13.5. The highest BCUT2D eigenvalue weighted by molar-refractivity contribution is 5.93. The first kappa shape index (κ1) is 19.0. The van der Waals surface area contributed by atoms with Crippen molar-refractivity contribution in [3.8, 4) is 5.75 Å². The molecule has 0 saturated carbocycles. The lowest BCUT2D eigenvalue weighted by molar-refractivity contribution is -0.115. The Labute approximate surface area is 143 Å². The second-order valence-corrected chi connectivity index (χ2v) is 5.01. The van der Waals surface area contributed by atoms with E-state index < -0.39 is 0 Å². The molecular weight excluding hydrogens is 312 g/mol. The van der Waals surface area contributed by atoms with Crippen molar-refractivity contribution in [2.24, 2.45) is 0 Å². The van der Waals surface area contributed by atoms with Crippen LogP contribution in [0, 0.1) is 0 Å². The van der Waals surface area contributed by atoms with Crippen LogP contribution in [0.25, 0.3) is 0 Å². The number of benzene rings is 2. The van der Waals surface area contributed by atoms with Crippen molar-refractivity contribution in [1.29, 1.82) is 0 Å². The molecule has 5 heteroatoms. The van der Waals surface area contributed by atoms with Crippen LogP contribution in [0.1, 0.15) is 18.1 Å². The Hall–Kier alpha value is -2.04. The number of ether oxygens (including phenoxy) is 1.